The number of hydrogen-bond donors (Lipinski definition) is 1. The minimum absolute atomic E-state index is 0.213. The summed E-state index contributed by atoms with van der Waals surface area (Å²) in [6, 6.07) is 12.7. The second-order valence-corrected chi connectivity index (χ2v) is 7.58. The van der Waals surface area contributed by atoms with Gasteiger partial charge >= 0.3 is 0 Å². The summed E-state index contributed by atoms with van der Waals surface area (Å²) < 4.78 is 12.1. The van der Waals surface area contributed by atoms with Crippen LogP contribution in [0.2, 0.25) is 0 Å². The zero-order valence-electron chi connectivity index (χ0n) is 15.0. The Balaban J connectivity index is 1.40. The van der Waals surface area contributed by atoms with Crippen LogP contribution in [0.15, 0.2) is 53.4 Å². The Bertz CT molecular complexity index is 1080. The topological polar surface area (TPSA) is 73.3 Å². The monoisotopic (exact) mass is 411 g/mol. The van der Waals surface area contributed by atoms with Crippen molar-refractivity contribution >= 4 is 43.9 Å². The van der Waals surface area contributed by atoms with E-state index in [1.54, 1.807) is 29.8 Å². The maximum absolute atomic E-state index is 12.5. The summed E-state index contributed by atoms with van der Waals surface area (Å²) in [5.41, 5.74) is 4.02. The molecule has 0 saturated heterocycles. The molecule has 0 spiro atoms. The number of hydrogen-bond acceptors (Lipinski definition) is 7. The van der Waals surface area contributed by atoms with E-state index in [0.717, 1.165) is 21.7 Å². The van der Waals surface area contributed by atoms with Crippen LogP contribution in [0.5, 0.6) is 11.5 Å². The van der Waals surface area contributed by atoms with Crippen molar-refractivity contribution in [2.45, 2.75) is 13.5 Å². The first kappa shape index (κ1) is 18.4. The zero-order valence-corrected chi connectivity index (χ0v) is 16.7. The van der Waals surface area contributed by atoms with Gasteiger partial charge in [-0.3, -0.25) is 10.1 Å². The Kier molecular flexibility index (Phi) is 5.50. The van der Waals surface area contributed by atoms with Crippen molar-refractivity contribution in [3.8, 4) is 11.5 Å². The second kappa shape index (κ2) is 8.37. The lowest BCUT2D eigenvalue weighted by Gasteiger charge is -2.06. The van der Waals surface area contributed by atoms with E-state index < -0.39 is 0 Å². The van der Waals surface area contributed by atoms with E-state index in [1.165, 1.54) is 22.7 Å². The molecule has 0 radical (unpaired) electrons. The van der Waals surface area contributed by atoms with Crippen LogP contribution in [0.25, 0.3) is 10.2 Å². The van der Waals surface area contributed by atoms with Crippen LogP contribution < -0.4 is 14.8 Å². The van der Waals surface area contributed by atoms with Crippen LogP contribution in [0, 0.1) is 0 Å². The van der Waals surface area contributed by atoms with Gasteiger partial charge in [-0.1, -0.05) is 11.3 Å². The number of carbonyl (C=O) groups excluding carboxylic acids is 1. The van der Waals surface area contributed by atoms with E-state index in [2.05, 4.69) is 15.3 Å². The first-order valence-electron chi connectivity index (χ1n) is 8.66. The van der Waals surface area contributed by atoms with Gasteiger partial charge in [0.05, 0.1) is 28.0 Å². The fraction of sp³-hybridized carbons (Fsp3) is 0.150. The molecule has 8 heteroatoms. The molecule has 2 heterocycles. The highest BCUT2D eigenvalue weighted by Gasteiger charge is 2.11. The number of nitrogens with zero attached hydrogens (tertiary/aromatic N) is 2. The molecule has 142 valence electrons. The summed E-state index contributed by atoms with van der Waals surface area (Å²) in [6.07, 6.45) is 0. The van der Waals surface area contributed by atoms with E-state index in [0.29, 0.717) is 29.7 Å². The molecule has 2 aromatic heterocycles. The van der Waals surface area contributed by atoms with E-state index in [4.69, 9.17) is 9.47 Å². The number of carbonyl (C=O) groups is 1. The third-order valence-electron chi connectivity index (χ3n) is 3.88. The number of benzene rings is 2. The molecule has 0 aliphatic heterocycles. The summed E-state index contributed by atoms with van der Waals surface area (Å²) in [7, 11) is 0. The van der Waals surface area contributed by atoms with Gasteiger partial charge in [0, 0.05) is 10.9 Å². The molecule has 0 aliphatic rings. The Morgan fingerprint density at radius 1 is 1.11 bits per heavy atom. The fourth-order valence-electron chi connectivity index (χ4n) is 2.55. The summed E-state index contributed by atoms with van der Waals surface area (Å²) in [4.78, 5) is 21.1. The van der Waals surface area contributed by atoms with Crippen LogP contribution in [0.3, 0.4) is 0 Å². The van der Waals surface area contributed by atoms with Gasteiger partial charge in [0.25, 0.3) is 5.91 Å². The number of nitrogens with one attached hydrogen (secondary N) is 1. The van der Waals surface area contributed by atoms with Gasteiger partial charge in [-0.05, 0) is 49.4 Å². The standard InChI is InChI=1S/C20H17N3O3S2/c1-2-25-16-7-8-17-18(9-16)28-20(22-17)23-19(24)13-3-5-15(6-4-13)26-10-14-11-27-12-21-14/h3-9,11-12H,2,10H2,1H3,(H,22,23,24). The van der Waals surface area contributed by atoms with E-state index >= 15 is 0 Å². The Morgan fingerprint density at radius 2 is 1.93 bits per heavy atom. The van der Waals surface area contributed by atoms with Gasteiger partial charge in [-0.25, -0.2) is 9.97 Å². The average Bonchev–Trinajstić information content (AvgIpc) is 3.36. The van der Waals surface area contributed by atoms with Crippen molar-refractivity contribution in [2.75, 3.05) is 11.9 Å². The van der Waals surface area contributed by atoms with Crippen molar-refractivity contribution in [3.63, 3.8) is 0 Å². The van der Waals surface area contributed by atoms with Crippen LogP contribution in [-0.2, 0) is 6.61 Å². The highest BCUT2D eigenvalue weighted by atomic mass is 32.1. The van der Waals surface area contributed by atoms with Gasteiger partial charge < -0.3 is 9.47 Å². The number of ether oxygens (including phenoxy) is 2. The maximum Gasteiger partial charge on any atom is 0.257 e. The molecule has 1 N–H and O–H groups in total. The minimum atomic E-state index is -0.213. The molecule has 0 bridgehead atoms. The van der Waals surface area contributed by atoms with Gasteiger partial charge in [0.1, 0.15) is 18.1 Å². The van der Waals surface area contributed by atoms with E-state index in [-0.39, 0.29) is 5.91 Å². The molecule has 28 heavy (non-hydrogen) atoms. The largest absolute Gasteiger partial charge is 0.494 e. The summed E-state index contributed by atoms with van der Waals surface area (Å²) in [5.74, 6) is 1.27. The highest BCUT2D eigenvalue weighted by Crippen LogP contribution is 2.29. The predicted octanol–water partition coefficient (Wildman–Crippen LogP) is 4.98. The summed E-state index contributed by atoms with van der Waals surface area (Å²) in [6.45, 7) is 2.96. The molecule has 6 nitrogen and oxygen atoms in total. The van der Waals surface area contributed by atoms with Crippen molar-refractivity contribution in [1.29, 1.82) is 0 Å². The number of rotatable bonds is 7. The van der Waals surface area contributed by atoms with Crippen LogP contribution in [-0.4, -0.2) is 22.5 Å². The Morgan fingerprint density at radius 3 is 2.68 bits per heavy atom. The molecule has 0 saturated carbocycles. The Labute approximate surface area is 169 Å². The molecular formula is C20H17N3O3S2. The summed E-state index contributed by atoms with van der Waals surface area (Å²) in [5, 5.41) is 5.35. The van der Waals surface area contributed by atoms with E-state index in [9.17, 15) is 4.79 Å². The smallest absolute Gasteiger partial charge is 0.257 e. The third kappa shape index (κ3) is 4.29. The maximum atomic E-state index is 12.5. The minimum Gasteiger partial charge on any atom is -0.494 e. The van der Waals surface area contributed by atoms with Crippen LogP contribution >= 0.6 is 22.7 Å². The number of thiazole rings is 2. The molecule has 0 unspecified atom stereocenters. The molecule has 0 atom stereocenters. The second-order valence-electron chi connectivity index (χ2n) is 5.83. The van der Waals surface area contributed by atoms with Crippen molar-refractivity contribution in [1.82, 2.24) is 9.97 Å². The number of anilines is 1. The van der Waals surface area contributed by atoms with Crippen molar-refractivity contribution in [2.24, 2.45) is 0 Å². The molecule has 0 fully saturated rings. The van der Waals surface area contributed by atoms with E-state index in [1.807, 2.05) is 30.5 Å². The normalized spacial score (nSPS) is 10.8. The average molecular weight is 412 g/mol. The molecule has 2 aromatic carbocycles. The fourth-order valence-corrected chi connectivity index (χ4v) is 3.99. The zero-order chi connectivity index (χ0) is 19.3. The number of amides is 1. The number of aromatic nitrogens is 2. The predicted molar refractivity (Wildman–Crippen MR) is 112 cm³/mol. The van der Waals surface area contributed by atoms with Gasteiger partial charge in [0.15, 0.2) is 5.13 Å². The first-order valence-corrected chi connectivity index (χ1v) is 10.4. The first-order chi connectivity index (χ1) is 13.7. The lowest BCUT2D eigenvalue weighted by Crippen LogP contribution is -2.11. The highest BCUT2D eigenvalue weighted by molar-refractivity contribution is 7.22. The molecule has 4 rings (SSSR count). The van der Waals surface area contributed by atoms with Crippen LogP contribution in [0.4, 0.5) is 5.13 Å². The lowest BCUT2D eigenvalue weighted by atomic mass is 10.2. The third-order valence-corrected chi connectivity index (χ3v) is 5.45. The Hall–Kier alpha value is -2.97. The molecule has 0 aliphatic carbocycles. The molecular weight excluding hydrogens is 394 g/mol. The number of fused-ring (bicyclic) bond motifs is 1. The van der Waals surface area contributed by atoms with Crippen LogP contribution in [0.1, 0.15) is 23.0 Å². The summed E-state index contributed by atoms with van der Waals surface area (Å²) >= 11 is 2.95. The van der Waals surface area contributed by atoms with Gasteiger partial charge in [-0.2, -0.15) is 0 Å². The van der Waals surface area contributed by atoms with Gasteiger partial charge in [0.2, 0.25) is 0 Å². The SMILES string of the molecule is CCOc1ccc2nc(NC(=O)c3ccc(OCc4cscn4)cc3)sc2c1. The quantitative estimate of drug-likeness (QED) is 0.464. The molecule has 1 amide bonds. The van der Waals surface area contributed by atoms with Crippen molar-refractivity contribution in [3.05, 3.63) is 64.6 Å². The van der Waals surface area contributed by atoms with Crippen molar-refractivity contribution < 1.29 is 14.3 Å². The molecule has 4 aromatic rings. The lowest BCUT2D eigenvalue weighted by molar-refractivity contribution is 0.102. The van der Waals surface area contributed by atoms with Gasteiger partial charge in [-0.15, -0.1) is 11.3 Å².